The molecule has 2 aliphatic rings. The molecule has 2 aliphatic carbocycles. The molecule has 0 radical (unpaired) electrons. The van der Waals surface area contributed by atoms with Crippen LogP contribution < -0.4 is 11.3 Å². The number of nitrogens with one attached hydrogen (secondary N) is 1. The Morgan fingerprint density at radius 2 is 1.44 bits per heavy atom. The second kappa shape index (κ2) is 6.24. The highest BCUT2D eigenvalue weighted by Crippen LogP contribution is 2.26. The molecule has 3 nitrogen and oxygen atoms in total. The first-order chi connectivity index (χ1) is 7.90. The van der Waals surface area contributed by atoms with Crippen molar-refractivity contribution in [1.29, 1.82) is 0 Å². The van der Waals surface area contributed by atoms with Gasteiger partial charge in [0.05, 0.1) is 6.04 Å². The summed E-state index contributed by atoms with van der Waals surface area (Å²) in [5.74, 6) is 7.34. The summed E-state index contributed by atoms with van der Waals surface area (Å²) in [4.78, 5) is 4.86. The fourth-order valence-corrected chi connectivity index (χ4v) is 3.04. The van der Waals surface area contributed by atoms with E-state index in [1.54, 1.807) is 0 Å². The molecular formula is C13H25N3. The van der Waals surface area contributed by atoms with Crippen LogP contribution in [0.15, 0.2) is 4.99 Å². The molecule has 0 heterocycles. The molecule has 0 bridgehead atoms. The van der Waals surface area contributed by atoms with Crippen LogP contribution in [-0.2, 0) is 0 Å². The highest BCUT2D eigenvalue weighted by molar-refractivity contribution is 5.84. The van der Waals surface area contributed by atoms with E-state index in [0.717, 1.165) is 5.84 Å². The van der Waals surface area contributed by atoms with Gasteiger partial charge in [0.15, 0.2) is 0 Å². The Hall–Kier alpha value is -0.570. The standard InChI is InChI=1S/C13H25N3/c14-16-13(11-7-3-1-4-8-11)15-12-9-5-2-6-10-12/h11-12H,1-10,14H2,(H,15,16). The SMILES string of the molecule is NNC(=NC1CCCCC1)C1CCCCC1. The Bertz CT molecular complexity index is 225. The first-order valence-electron chi connectivity index (χ1n) is 6.94. The Morgan fingerprint density at radius 1 is 0.875 bits per heavy atom. The monoisotopic (exact) mass is 223 g/mol. The van der Waals surface area contributed by atoms with Gasteiger partial charge < -0.3 is 5.43 Å². The number of hydrazine groups is 1. The highest BCUT2D eigenvalue weighted by Gasteiger charge is 2.20. The lowest BCUT2D eigenvalue weighted by atomic mass is 9.88. The van der Waals surface area contributed by atoms with Crippen molar-refractivity contribution in [2.75, 3.05) is 0 Å². The minimum Gasteiger partial charge on any atom is -0.312 e. The summed E-state index contributed by atoms with van der Waals surface area (Å²) in [5.41, 5.74) is 2.87. The van der Waals surface area contributed by atoms with Gasteiger partial charge in [0.25, 0.3) is 0 Å². The maximum atomic E-state index is 5.64. The van der Waals surface area contributed by atoms with Crippen molar-refractivity contribution in [2.24, 2.45) is 16.8 Å². The van der Waals surface area contributed by atoms with Gasteiger partial charge in [0.1, 0.15) is 5.84 Å². The smallest absolute Gasteiger partial charge is 0.114 e. The van der Waals surface area contributed by atoms with E-state index < -0.39 is 0 Å². The molecular weight excluding hydrogens is 198 g/mol. The molecule has 0 aliphatic heterocycles. The third kappa shape index (κ3) is 3.21. The summed E-state index contributed by atoms with van der Waals surface area (Å²) < 4.78 is 0. The van der Waals surface area contributed by atoms with Crippen LogP contribution in [0.3, 0.4) is 0 Å². The van der Waals surface area contributed by atoms with E-state index in [0.29, 0.717) is 12.0 Å². The van der Waals surface area contributed by atoms with Crippen molar-refractivity contribution in [2.45, 2.75) is 70.3 Å². The van der Waals surface area contributed by atoms with Gasteiger partial charge in [-0.2, -0.15) is 0 Å². The summed E-state index contributed by atoms with van der Waals surface area (Å²) in [5, 5.41) is 0. The second-order valence-corrected chi connectivity index (χ2v) is 5.29. The van der Waals surface area contributed by atoms with Crippen LogP contribution in [-0.4, -0.2) is 11.9 Å². The molecule has 3 N–H and O–H groups in total. The predicted octanol–water partition coefficient (Wildman–Crippen LogP) is 2.76. The van der Waals surface area contributed by atoms with Crippen LogP contribution in [0.1, 0.15) is 64.2 Å². The maximum absolute atomic E-state index is 5.64. The van der Waals surface area contributed by atoms with E-state index in [9.17, 15) is 0 Å². The zero-order valence-electron chi connectivity index (χ0n) is 10.3. The van der Waals surface area contributed by atoms with Gasteiger partial charge in [-0.15, -0.1) is 0 Å². The summed E-state index contributed by atoms with van der Waals surface area (Å²) in [6, 6.07) is 0.543. The summed E-state index contributed by atoms with van der Waals surface area (Å²) in [6.45, 7) is 0. The van der Waals surface area contributed by atoms with Crippen LogP contribution >= 0.6 is 0 Å². The van der Waals surface area contributed by atoms with E-state index in [1.165, 1.54) is 64.2 Å². The van der Waals surface area contributed by atoms with E-state index in [1.807, 2.05) is 0 Å². The molecule has 0 spiro atoms. The van der Waals surface area contributed by atoms with Gasteiger partial charge in [-0.3, -0.25) is 4.99 Å². The molecule has 0 aromatic carbocycles. The zero-order chi connectivity index (χ0) is 11.2. The molecule has 0 amide bonds. The van der Waals surface area contributed by atoms with Crippen molar-refractivity contribution < 1.29 is 0 Å². The number of hydrogen-bond donors (Lipinski definition) is 2. The number of rotatable bonds is 2. The van der Waals surface area contributed by atoms with Crippen LogP contribution in [0, 0.1) is 5.92 Å². The quantitative estimate of drug-likeness (QED) is 0.327. The van der Waals surface area contributed by atoms with Gasteiger partial charge in [-0.25, -0.2) is 5.84 Å². The number of aliphatic imine (C=N–C) groups is 1. The number of nitrogens with two attached hydrogens (primary N) is 1. The van der Waals surface area contributed by atoms with E-state index in [2.05, 4.69) is 5.43 Å². The molecule has 16 heavy (non-hydrogen) atoms. The Kier molecular flexibility index (Phi) is 4.64. The fraction of sp³-hybridized carbons (Fsp3) is 0.923. The summed E-state index contributed by atoms with van der Waals surface area (Å²) >= 11 is 0. The van der Waals surface area contributed by atoms with Crippen molar-refractivity contribution in [3.63, 3.8) is 0 Å². The molecule has 0 aromatic rings. The van der Waals surface area contributed by atoms with Crippen molar-refractivity contribution in [3.8, 4) is 0 Å². The maximum Gasteiger partial charge on any atom is 0.114 e. The predicted molar refractivity (Wildman–Crippen MR) is 68.2 cm³/mol. The molecule has 0 aromatic heterocycles. The highest BCUT2D eigenvalue weighted by atomic mass is 15.3. The first-order valence-corrected chi connectivity index (χ1v) is 6.94. The molecule has 0 unspecified atom stereocenters. The van der Waals surface area contributed by atoms with Crippen LogP contribution in [0.2, 0.25) is 0 Å². The number of hydrogen-bond acceptors (Lipinski definition) is 2. The third-order valence-corrected chi connectivity index (χ3v) is 4.04. The topological polar surface area (TPSA) is 50.4 Å². The Morgan fingerprint density at radius 3 is 2.00 bits per heavy atom. The van der Waals surface area contributed by atoms with E-state index >= 15 is 0 Å². The van der Waals surface area contributed by atoms with Crippen molar-refractivity contribution >= 4 is 5.84 Å². The van der Waals surface area contributed by atoms with Gasteiger partial charge in [0.2, 0.25) is 0 Å². The molecule has 92 valence electrons. The normalized spacial score (nSPS) is 25.7. The molecule has 3 heteroatoms. The van der Waals surface area contributed by atoms with E-state index in [-0.39, 0.29) is 0 Å². The molecule has 0 atom stereocenters. The second-order valence-electron chi connectivity index (χ2n) is 5.29. The minimum atomic E-state index is 0.543. The molecule has 2 saturated carbocycles. The third-order valence-electron chi connectivity index (χ3n) is 4.04. The van der Waals surface area contributed by atoms with E-state index in [4.69, 9.17) is 10.8 Å². The lowest BCUT2D eigenvalue weighted by Gasteiger charge is -2.25. The number of nitrogens with zero attached hydrogens (tertiary/aromatic N) is 1. The van der Waals surface area contributed by atoms with Gasteiger partial charge in [-0.05, 0) is 25.7 Å². The summed E-state index contributed by atoms with van der Waals surface area (Å²) in [7, 11) is 0. The molecule has 2 rings (SSSR count). The lowest BCUT2D eigenvalue weighted by molar-refractivity contribution is 0.415. The minimum absolute atomic E-state index is 0.543. The zero-order valence-corrected chi connectivity index (χ0v) is 10.3. The van der Waals surface area contributed by atoms with Gasteiger partial charge in [0, 0.05) is 5.92 Å². The van der Waals surface area contributed by atoms with Gasteiger partial charge in [-0.1, -0.05) is 38.5 Å². The van der Waals surface area contributed by atoms with Crippen molar-refractivity contribution in [3.05, 3.63) is 0 Å². The Labute approximate surface area is 98.9 Å². The van der Waals surface area contributed by atoms with Crippen LogP contribution in [0.4, 0.5) is 0 Å². The number of amidine groups is 1. The average molecular weight is 223 g/mol. The molecule has 2 fully saturated rings. The summed E-state index contributed by atoms with van der Waals surface area (Å²) in [6.07, 6.45) is 13.2. The average Bonchev–Trinajstić information content (AvgIpc) is 2.38. The fourth-order valence-electron chi connectivity index (χ4n) is 3.04. The van der Waals surface area contributed by atoms with Crippen LogP contribution in [0.25, 0.3) is 0 Å². The molecule has 0 saturated heterocycles. The van der Waals surface area contributed by atoms with Crippen molar-refractivity contribution in [1.82, 2.24) is 5.43 Å². The van der Waals surface area contributed by atoms with Gasteiger partial charge >= 0.3 is 0 Å². The first kappa shape index (κ1) is 11.9. The van der Waals surface area contributed by atoms with Crippen LogP contribution in [0.5, 0.6) is 0 Å². The largest absolute Gasteiger partial charge is 0.312 e. The lowest BCUT2D eigenvalue weighted by Crippen LogP contribution is -2.38. The Balaban J connectivity index is 1.93.